The normalized spacial score (nSPS) is 12.5. The lowest BCUT2D eigenvalue weighted by Crippen LogP contribution is -2.10. The molecule has 3 aromatic rings. The van der Waals surface area contributed by atoms with Crippen LogP contribution in [0.15, 0.2) is 65.8 Å². The number of nitrogens with zero attached hydrogens (tertiary/aromatic N) is 3. The average Bonchev–Trinajstić information content (AvgIpc) is 2.92. The zero-order valence-electron chi connectivity index (χ0n) is 12.5. The number of benzene rings is 2. The number of halogens is 1. The molecule has 2 heterocycles. The Bertz CT molecular complexity index is 852. The molecule has 0 radical (unpaired) electrons. The van der Waals surface area contributed by atoms with Gasteiger partial charge in [-0.3, -0.25) is 9.56 Å². The minimum Gasteiger partial charge on any atom is -0.325 e. The molecule has 5 heteroatoms. The lowest BCUT2D eigenvalue weighted by Gasteiger charge is -2.13. The second-order valence-corrected chi connectivity index (χ2v) is 5.25. The Morgan fingerprint density at radius 3 is 2.52 bits per heavy atom. The topological polar surface area (TPSA) is 56.2 Å². The van der Waals surface area contributed by atoms with Crippen molar-refractivity contribution in [2.24, 2.45) is 10.7 Å². The van der Waals surface area contributed by atoms with E-state index in [0.29, 0.717) is 13.1 Å². The molecule has 0 atom stereocenters. The molecule has 0 bridgehead atoms. The molecule has 116 valence electrons. The molecule has 1 aliphatic rings. The molecule has 4 nitrogen and oxygen atoms in total. The molecule has 0 spiro atoms. The number of aliphatic imine (C=N–C) groups is 1. The van der Waals surface area contributed by atoms with Gasteiger partial charge in [0.2, 0.25) is 0 Å². The fourth-order valence-electron chi connectivity index (χ4n) is 2.93. The Morgan fingerprint density at radius 1 is 1.00 bits per heavy atom. The van der Waals surface area contributed by atoms with Crippen LogP contribution in [0.3, 0.4) is 0 Å². The summed E-state index contributed by atoms with van der Waals surface area (Å²) in [5.41, 5.74) is 11.2. The Balaban J connectivity index is 0.00000156. The van der Waals surface area contributed by atoms with Gasteiger partial charge in [-0.15, -0.1) is 12.4 Å². The summed E-state index contributed by atoms with van der Waals surface area (Å²) in [6.07, 6.45) is 1.84. The van der Waals surface area contributed by atoms with E-state index >= 15 is 0 Å². The van der Waals surface area contributed by atoms with Crippen molar-refractivity contribution in [3.05, 3.63) is 83.4 Å². The smallest absolute Gasteiger partial charge is 0.135 e. The van der Waals surface area contributed by atoms with Crippen LogP contribution in [0.2, 0.25) is 0 Å². The maximum Gasteiger partial charge on any atom is 0.135 e. The third-order valence-corrected chi connectivity index (χ3v) is 3.94. The van der Waals surface area contributed by atoms with Crippen LogP contribution in [0.1, 0.15) is 22.6 Å². The van der Waals surface area contributed by atoms with E-state index in [-0.39, 0.29) is 12.4 Å². The van der Waals surface area contributed by atoms with Gasteiger partial charge in [0, 0.05) is 17.7 Å². The molecular formula is C18H17ClN4. The number of fused-ring (bicyclic) bond motifs is 3. The number of para-hydroxylation sites is 1. The summed E-state index contributed by atoms with van der Waals surface area (Å²) in [5.74, 6) is 0.929. The van der Waals surface area contributed by atoms with Crippen LogP contribution in [-0.4, -0.2) is 15.3 Å². The summed E-state index contributed by atoms with van der Waals surface area (Å²) in [6, 6.07) is 18.6. The quantitative estimate of drug-likeness (QED) is 0.787. The van der Waals surface area contributed by atoms with Gasteiger partial charge in [-0.1, -0.05) is 48.5 Å². The molecule has 2 N–H and O–H groups in total. The highest BCUT2D eigenvalue weighted by Gasteiger charge is 2.20. The molecule has 0 unspecified atom stereocenters. The van der Waals surface area contributed by atoms with E-state index in [1.165, 1.54) is 0 Å². The Morgan fingerprint density at radius 2 is 1.74 bits per heavy atom. The average molecular weight is 325 g/mol. The van der Waals surface area contributed by atoms with Crippen LogP contribution >= 0.6 is 12.4 Å². The van der Waals surface area contributed by atoms with Gasteiger partial charge in [-0.25, -0.2) is 4.98 Å². The lowest BCUT2D eigenvalue weighted by molar-refractivity contribution is 0.833. The summed E-state index contributed by atoms with van der Waals surface area (Å²) < 4.78 is 2.13. The molecule has 0 saturated carbocycles. The molecule has 0 aliphatic carbocycles. The van der Waals surface area contributed by atoms with Crippen LogP contribution in [0.25, 0.3) is 5.69 Å². The van der Waals surface area contributed by atoms with Gasteiger partial charge in [0.1, 0.15) is 5.82 Å². The minimum atomic E-state index is 0. The van der Waals surface area contributed by atoms with Crippen LogP contribution in [0, 0.1) is 0 Å². The summed E-state index contributed by atoms with van der Waals surface area (Å²) >= 11 is 0. The molecule has 1 aromatic heterocycles. The van der Waals surface area contributed by atoms with E-state index in [1.807, 2.05) is 36.5 Å². The second kappa shape index (κ2) is 6.36. The van der Waals surface area contributed by atoms with Crippen molar-refractivity contribution in [1.29, 1.82) is 0 Å². The number of nitrogens with two attached hydrogens (primary N) is 1. The minimum absolute atomic E-state index is 0. The fourth-order valence-corrected chi connectivity index (χ4v) is 2.93. The van der Waals surface area contributed by atoms with Gasteiger partial charge in [-0.2, -0.15) is 0 Å². The van der Waals surface area contributed by atoms with E-state index < -0.39 is 0 Å². The molecule has 4 rings (SSSR count). The maximum absolute atomic E-state index is 5.87. The highest BCUT2D eigenvalue weighted by molar-refractivity contribution is 6.15. The first-order valence-electron chi connectivity index (χ1n) is 7.33. The van der Waals surface area contributed by atoms with Crippen LogP contribution in [-0.2, 0) is 13.1 Å². The van der Waals surface area contributed by atoms with Crippen molar-refractivity contribution < 1.29 is 0 Å². The summed E-state index contributed by atoms with van der Waals surface area (Å²) in [7, 11) is 0. The third-order valence-electron chi connectivity index (χ3n) is 3.94. The van der Waals surface area contributed by atoms with E-state index in [0.717, 1.165) is 34.0 Å². The van der Waals surface area contributed by atoms with E-state index in [9.17, 15) is 0 Å². The second-order valence-electron chi connectivity index (χ2n) is 5.25. The van der Waals surface area contributed by atoms with Crippen molar-refractivity contribution in [1.82, 2.24) is 9.55 Å². The number of hydrogen-bond donors (Lipinski definition) is 1. The fraction of sp³-hybridized carbons (Fsp3) is 0.111. The maximum atomic E-state index is 5.87. The largest absolute Gasteiger partial charge is 0.325 e. The number of imidazole rings is 1. The Labute approximate surface area is 141 Å². The summed E-state index contributed by atoms with van der Waals surface area (Å²) in [5, 5.41) is 0. The van der Waals surface area contributed by atoms with Gasteiger partial charge >= 0.3 is 0 Å². The number of aromatic nitrogens is 2. The molecule has 0 fully saturated rings. The van der Waals surface area contributed by atoms with E-state index in [2.05, 4.69) is 33.8 Å². The third kappa shape index (κ3) is 2.56. The zero-order valence-corrected chi connectivity index (χ0v) is 13.3. The predicted octanol–water partition coefficient (Wildman–Crippen LogP) is 3.10. The molecule has 0 amide bonds. The van der Waals surface area contributed by atoms with Crippen molar-refractivity contribution in [3.63, 3.8) is 0 Å². The molecular weight excluding hydrogens is 308 g/mol. The van der Waals surface area contributed by atoms with Crippen molar-refractivity contribution in [2.45, 2.75) is 13.1 Å². The number of hydrogen-bond acceptors (Lipinski definition) is 3. The highest BCUT2D eigenvalue weighted by atomic mass is 35.5. The van der Waals surface area contributed by atoms with E-state index in [1.54, 1.807) is 0 Å². The molecule has 1 aliphatic heterocycles. The van der Waals surface area contributed by atoms with Crippen molar-refractivity contribution >= 4 is 18.1 Å². The standard InChI is InChI=1S/C18H16N4.ClH/c19-10-14-11-20-17-12-21-18(13-6-2-1-3-7-13)15-8-4-5-9-16(15)22(14)17;/h1-9,11H,10,12,19H2;1H. The Hall–Kier alpha value is -2.43. The molecule has 23 heavy (non-hydrogen) atoms. The van der Waals surface area contributed by atoms with Crippen LogP contribution < -0.4 is 5.73 Å². The Kier molecular flexibility index (Phi) is 4.28. The first-order chi connectivity index (χ1) is 10.9. The molecule has 2 aromatic carbocycles. The summed E-state index contributed by atoms with van der Waals surface area (Å²) in [4.78, 5) is 9.31. The first-order valence-corrected chi connectivity index (χ1v) is 7.33. The van der Waals surface area contributed by atoms with Gasteiger partial charge in [0.05, 0.1) is 29.8 Å². The monoisotopic (exact) mass is 324 g/mol. The SMILES string of the molecule is Cl.NCc1cnc2n1-c1ccccc1C(c1ccccc1)=NC2. The zero-order chi connectivity index (χ0) is 14.9. The van der Waals surface area contributed by atoms with Crippen LogP contribution in [0.5, 0.6) is 0 Å². The lowest BCUT2D eigenvalue weighted by atomic mass is 10.0. The van der Waals surface area contributed by atoms with Crippen LogP contribution in [0.4, 0.5) is 0 Å². The van der Waals surface area contributed by atoms with Crippen molar-refractivity contribution in [3.8, 4) is 5.69 Å². The van der Waals surface area contributed by atoms with Gasteiger partial charge in [-0.05, 0) is 6.07 Å². The first kappa shape index (κ1) is 15.5. The highest BCUT2D eigenvalue weighted by Crippen LogP contribution is 2.26. The van der Waals surface area contributed by atoms with Gasteiger partial charge in [0.15, 0.2) is 0 Å². The van der Waals surface area contributed by atoms with E-state index in [4.69, 9.17) is 10.7 Å². The summed E-state index contributed by atoms with van der Waals surface area (Å²) in [6.45, 7) is 1.01. The number of rotatable bonds is 2. The molecule has 0 saturated heterocycles. The van der Waals surface area contributed by atoms with Gasteiger partial charge < -0.3 is 5.73 Å². The van der Waals surface area contributed by atoms with Crippen molar-refractivity contribution in [2.75, 3.05) is 0 Å². The predicted molar refractivity (Wildman–Crippen MR) is 94.5 cm³/mol. The van der Waals surface area contributed by atoms with Gasteiger partial charge in [0.25, 0.3) is 0 Å².